The lowest BCUT2D eigenvalue weighted by Gasteiger charge is -2.32. The van der Waals surface area contributed by atoms with Crippen molar-refractivity contribution in [3.05, 3.63) is 28.1 Å². The van der Waals surface area contributed by atoms with E-state index in [9.17, 15) is 4.79 Å². The monoisotopic (exact) mass is 309 g/mol. The number of benzene rings is 1. The molecule has 106 valence electrons. The van der Waals surface area contributed by atoms with Crippen molar-refractivity contribution in [1.82, 2.24) is 9.80 Å². The zero-order valence-corrected chi connectivity index (χ0v) is 12.8. The van der Waals surface area contributed by atoms with Crippen molar-refractivity contribution in [3.63, 3.8) is 0 Å². The Morgan fingerprint density at radius 3 is 2.70 bits per heavy atom. The van der Waals surface area contributed by atoms with Crippen LogP contribution in [0.1, 0.15) is 9.67 Å². The van der Waals surface area contributed by atoms with Crippen LogP contribution in [-0.4, -0.2) is 48.9 Å². The fourth-order valence-electron chi connectivity index (χ4n) is 2.40. The quantitative estimate of drug-likeness (QED) is 0.880. The van der Waals surface area contributed by atoms with Crippen LogP contribution in [0.5, 0.6) is 0 Å². The highest BCUT2D eigenvalue weighted by molar-refractivity contribution is 7.21. The summed E-state index contributed by atoms with van der Waals surface area (Å²) < 4.78 is 1.00. The number of amides is 1. The molecular formula is C14H16ClN3OS. The first kappa shape index (κ1) is 13.7. The van der Waals surface area contributed by atoms with Crippen LogP contribution >= 0.6 is 22.9 Å². The van der Waals surface area contributed by atoms with Gasteiger partial charge in [0, 0.05) is 41.3 Å². The van der Waals surface area contributed by atoms with Gasteiger partial charge in [0.25, 0.3) is 5.91 Å². The largest absolute Gasteiger partial charge is 0.397 e. The van der Waals surface area contributed by atoms with Crippen molar-refractivity contribution < 1.29 is 4.79 Å². The predicted octanol–water partition coefficient (Wildman–Crippen LogP) is 2.52. The highest BCUT2D eigenvalue weighted by atomic mass is 35.5. The van der Waals surface area contributed by atoms with Crippen LogP contribution in [-0.2, 0) is 0 Å². The summed E-state index contributed by atoms with van der Waals surface area (Å²) in [5.74, 6) is 0.0351. The molecule has 1 aliphatic heterocycles. The molecule has 0 aliphatic carbocycles. The van der Waals surface area contributed by atoms with Crippen LogP contribution < -0.4 is 5.73 Å². The van der Waals surface area contributed by atoms with Crippen LogP contribution in [0.3, 0.4) is 0 Å². The Kier molecular flexibility index (Phi) is 3.58. The third kappa shape index (κ3) is 2.37. The summed E-state index contributed by atoms with van der Waals surface area (Å²) in [6.07, 6.45) is 0. The summed E-state index contributed by atoms with van der Waals surface area (Å²) in [6.45, 7) is 3.32. The molecule has 2 N–H and O–H groups in total. The van der Waals surface area contributed by atoms with E-state index in [1.54, 1.807) is 0 Å². The Bertz CT molecular complexity index is 662. The molecule has 1 amide bonds. The van der Waals surface area contributed by atoms with Gasteiger partial charge in [0.15, 0.2) is 0 Å². The highest BCUT2D eigenvalue weighted by Gasteiger charge is 2.24. The summed E-state index contributed by atoms with van der Waals surface area (Å²) >= 11 is 7.44. The van der Waals surface area contributed by atoms with Gasteiger partial charge in [0.2, 0.25) is 0 Å². The molecule has 3 rings (SSSR count). The number of nitrogens with two attached hydrogens (primary N) is 1. The number of piperazine rings is 1. The van der Waals surface area contributed by atoms with Gasteiger partial charge in [-0.25, -0.2) is 0 Å². The Morgan fingerprint density at radius 1 is 1.30 bits per heavy atom. The van der Waals surface area contributed by atoms with Crippen LogP contribution in [0.15, 0.2) is 18.2 Å². The van der Waals surface area contributed by atoms with Crippen molar-refractivity contribution in [3.8, 4) is 0 Å². The molecular weight excluding hydrogens is 294 g/mol. The summed E-state index contributed by atoms with van der Waals surface area (Å²) in [5, 5.41) is 1.51. The SMILES string of the molecule is CN1CCN(C(=O)c2sc3ccc(Cl)cc3c2N)CC1. The Morgan fingerprint density at radius 2 is 2.00 bits per heavy atom. The molecule has 0 bridgehead atoms. The molecule has 1 fully saturated rings. The summed E-state index contributed by atoms with van der Waals surface area (Å²) in [7, 11) is 2.07. The average molecular weight is 310 g/mol. The Labute approximate surface area is 126 Å². The number of nitrogen functional groups attached to an aromatic ring is 1. The Balaban J connectivity index is 1.93. The first-order valence-corrected chi connectivity index (χ1v) is 7.71. The number of hydrogen-bond acceptors (Lipinski definition) is 4. The van der Waals surface area contributed by atoms with Gasteiger partial charge in [0.05, 0.1) is 5.69 Å². The minimum Gasteiger partial charge on any atom is -0.397 e. The van der Waals surface area contributed by atoms with Crippen LogP contribution in [0.2, 0.25) is 5.02 Å². The van der Waals surface area contributed by atoms with E-state index in [2.05, 4.69) is 11.9 Å². The molecule has 0 atom stereocenters. The zero-order valence-electron chi connectivity index (χ0n) is 11.2. The van der Waals surface area contributed by atoms with Gasteiger partial charge in [-0.2, -0.15) is 0 Å². The number of thiophene rings is 1. The van der Waals surface area contributed by atoms with Gasteiger partial charge >= 0.3 is 0 Å². The number of rotatable bonds is 1. The number of likely N-dealkylation sites (N-methyl/N-ethyl adjacent to an activating group) is 1. The molecule has 0 spiro atoms. The van der Waals surface area contributed by atoms with E-state index in [-0.39, 0.29) is 5.91 Å². The second kappa shape index (κ2) is 5.24. The van der Waals surface area contributed by atoms with E-state index in [0.29, 0.717) is 15.6 Å². The van der Waals surface area contributed by atoms with E-state index < -0.39 is 0 Å². The predicted molar refractivity (Wildman–Crippen MR) is 84.6 cm³/mol. The molecule has 1 aromatic carbocycles. The van der Waals surface area contributed by atoms with Crippen molar-refractivity contribution in [2.45, 2.75) is 0 Å². The minimum atomic E-state index is 0.0351. The first-order chi connectivity index (χ1) is 9.56. The summed E-state index contributed by atoms with van der Waals surface area (Å²) in [5.41, 5.74) is 6.69. The van der Waals surface area contributed by atoms with E-state index >= 15 is 0 Å². The fraction of sp³-hybridized carbons (Fsp3) is 0.357. The molecule has 0 unspecified atom stereocenters. The van der Waals surface area contributed by atoms with Gasteiger partial charge in [-0.15, -0.1) is 11.3 Å². The van der Waals surface area contributed by atoms with Gasteiger partial charge in [-0.05, 0) is 25.2 Å². The van der Waals surface area contributed by atoms with E-state index in [4.69, 9.17) is 17.3 Å². The molecule has 1 aliphatic rings. The van der Waals surface area contributed by atoms with Gasteiger partial charge in [-0.3, -0.25) is 4.79 Å². The second-order valence-corrected chi connectivity index (χ2v) is 6.57. The minimum absolute atomic E-state index is 0.0351. The number of fused-ring (bicyclic) bond motifs is 1. The smallest absolute Gasteiger partial charge is 0.266 e. The molecule has 2 heterocycles. The maximum absolute atomic E-state index is 12.6. The molecule has 4 nitrogen and oxygen atoms in total. The normalized spacial score (nSPS) is 16.8. The highest BCUT2D eigenvalue weighted by Crippen LogP contribution is 2.36. The summed E-state index contributed by atoms with van der Waals surface area (Å²) in [4.78, 5) is 17.3. The number of anilines is 1. The maximum Gasteiger partial charge on any atom is 0.266 e. The average Bonchev–Trinajstić information content (AvgIpc) is 2.76. The van der Waals surface area contributed by atoms with Crippen molar-refractivity contribution in [2.24, 2.45) is 0 Å². The molecule has 1 saturated heterocycles. The van der Waals surface area contributed by atoms with Crippen LogP contribution in [0, 0.1) is 0 Å². The lowest BCUT2D eigenvalue weighted by atomic mass is 10.2. The number of nitrogens with zero attached hydrogens (tertiary/aromatic N) is 2. The lowest BCUT2D eigenvalue weighted by Crippen LogP contribution is -2.47. The number of carbonyl (C=O) groups is 1. The number of carbonyl (C=O) groups excluding carboxylic acids is 1. The Hall–Kier alpha value is -1.30. The van der Waals surface area contributed by atoms with Crippen LogP contribution in [0.4, 0.5) is 5.69 Å². The van der Waals surface area contributed by atoms with Crippen molar-refractivity contribution >= 4 is 44.6 Å². The fourth-order valence-corrected chi connectivity index (χ4v) is 3.64. The lowest BCUT2D eigenvalue weighted by molar-refractivity contribution is 0.0670. The topological polar surface area (TPSA) is 49.6 Å². The van der Waals surface area contributed by atoms with Gasteiger partial charge in [-0.1, -0.05) is 11.6 Å². The molecule has 1 aromatic heterocycles. The first-order valence-electron chi connectivity index (χ1n) is 6.51. The summed E-state index contributed by atoms with van der Waals surface area (Å²) in [6, 6.07) is 5.56. The molecule has 0 saturated carbocycles. The van der Waals surface area contributed by atoms with E-state index in [1.807, 2.05) is 23.1 Å². The van der Waals surface area contributed by atoms with Crippen LogP contribution in [0.25, 0.3) is 10.1 Å². The second-order valence-electron chi connectivity index (χ2n) is 5.08. The molecule has 2 aromatic rings. The third-order valence-corrected chi connectivity index (χ3v) is 5.08. The van der Waals surface area contributed by atoms with Gasteiger partial charge < -0.3 is 15.5 Å². The molecule has 20 heavy (non-hydrogen) atoms. The third-order valence-electron chi connectivity index (χ3n) is 3.67. The molecule has 6 heteroatoms. The van der Waals surface area contributed by atoms with Crippen molar-refractivity contribution in [1.29, 1.82) is 0 Å². The van der Waals surface area contributed by atoms with E-state index in [0.717, 1.165) is 36.3 Å². The standard InChI is InChI=1S/C14H16ClN3OS/c1-17-4-6-18(7-5-17)14(19)13-12(16)10-8-9(15)2-3-11(10)20-13/h2-3,8H,4-7,16H2,1H3. The maximum atomic E-state index is 12.6. The van der Waals surface area contributed by atoms with Gasteiger partial charge in [0.1, 0.15) is 4.88 Å². The van der Waals surface area contributed by atoms with E-state index in [1.165, 1.54) is 11.3 Å². The number of halogens is 1. The zero-order chi connectivity index (χ0) is 14.3. The van der Waals surface area contributed by atoms with Crippen molar-refractivity contribution in [2.75, 3.05) is 39.0 Å². The number of hydrogen-bond donors (Lipinski definition) is 1. The molecule has 0 radical (unpaired) electrons.